The van der Waals surface area contributed by atoms with Crippen molar-refractivity contribution in [2.24, 2.45) is 7.05 Å². The number of carbonyl (C=O) groups excluding carboxylic acids is 1. The molecule has 0 aliphatic heterocycles. The van der Waals surface area contributed by atoms with E-state index < -0.39 is 0 Å². The Bertz CT molecular complexity index is 633. The Hall–Kier alpha value is -1.89. The van der Waals surface area contributed by atoms with Gasteiger partial charge in [0.05, 0.1) is 28.6 Å². The zero-order valence-corrected chi connectivity index (χ0v) is 13.9. The Labute approximate surface area is 128 Å². The first-order valence-corrected chi connectivity index (χ1v) is 7.72. The minimum Gasteiger partial charge on any atom is -0.320 e. The summed E-state index contributed by atoms with van der Waals surface area (Å²) in [5.74, 6) is 0. The van der Waals surface area contributed by atoms with Crippen LogP contribution in [0.15, 0.2) is 12.4 Å². The zero-order chi connectivity index (χ0) is 15.6. The van der Waals surface area contributed by atoms with Gasteiger partial charge in [-0.15, -0.1) is 11.3 Å². The summed E-state index contributed by atoms with van der Waals surface area (Å²) >= 11 is 1.67. The highest BCUT2D eigenvalue weighted by molar-refractivity contribution is 7.11. The summed E-state index contributed by atoms with van der Waals surface area (Å²) in [6, 6.07) is -0.166. The Morgan fingerprint density at radius 1 is 1.57 bits per heavy atom. The van der Waals surface area contributed by atoms with Crippen LogP contribution in [-0.2, 0) is 13.5 Å². The normalized spacial score (nSPS) is 12.2. The molecule has 0 aliphatic rings. The fraction of sp³-hybridized carbons (Fsp3) is 0.500. The second-order valence-electron chi connectivity index (χ2n) is 5.03. The van der Waals surface area contributed by atoms with E-state index in [1.807, 2.05) is 20.9 Å². The number of carbonyl (C=O) groups is 1. The van der Waals surface area contributed by atoms with E-state index in [2.05, 4.69) is 22.3 Å². The number of nitrogens with one attached hydrogen (secondary N) is 1. The van der Waals surface area contributed by atoms with Crippen LogP contribution in [0.1, 0.15) is 35.5 Å². The molecule has 6 nitrogen and oxygen atoms in total. The van der Waals surface area contributed by atoms with Gasteiger partial charge in [0.15, 0.2) is 0 Å². The Kier molecular flexibility index (Phi) is 4.62. The predicted octanol–water partition coefficient (Wildman–Crippen LogP) is 2.97. The molecule has 2 amide bonds. The molecule has 114 valence electrons. The summed E-state index contributed by atoms with van der Waals surface area (Å²) in [6.45, 7) is 6.10. The monoisotopic (exact) mass is 307 g/mol. The van der Waals surface area contributed by atoms with Gasteiger partial charge in [-0.25, -0.2) is 9.78 Å². The average molecular weight is 307 g/mol. The fourth-order valence-electron chi connectivity index (χ4n) is 2.05. The highest BCUT2D eigenvalue weighted by atomic mass is 32.1. The van der Waals surface area contributed by atoms with Crippen molar-refractivity contribution in [1.82, 2.24) is 19.7 Å². The number of hydrogen-bond acceptors (Lipinski definition) is 4. The van der Waals surface area contributed by atoms with Crippen molar-refractivity contribution in [3.05, 3.63) is 28.0 Å². The van der Waals surface area contributed by atoms with Gasteiger partial charge in [0.2, 0.25) is 0 Å². The van der Waals surface area contributed by atoms with Gasteiger partial charge in [-0.1, -0.05) is 6.92 Å². The van der Waals surface area contributed by atoms with Gasteiger partial charge in [0, 0.05) is 25.2 Å². The van der Waals surface area contributed by atoms with Crippen LogP contribution in [0.25, 0.3) is 0 Å². The second kappa shape index (κ2) is 6.26. The summed E-state index contributed by atoms with van der Waals surface area (Å²) < 4.78 is 1.65. The SMILES string of the molecule is CCc1nc(C)c([C@@H](C)N(C)C(=O)Nc2cnn(C)c2)s1. The predicted molar refractivity (Wildman–Crippen MR) is 84.6 cm³/mol. The summed E-state index contributed by atoms with van der Waals surface area (Å²) in [5.41, 5.74) is 1.70. The Morgan fingerprint density at radius 3 is 2.81 bits per heavy atom. The van der Waals surface area contributed by atoms with Gasteiger partial charge >= 0.3 is 6.03 Å². The van der Waals surface area contributed by atoms with E-state index in [0.717, 1.165) is 22.0 Å². The summed E-state index contributed by atoms with van der Waals surface area (Å²) in [5, 5.41) is 7.98. The van der Waals surface area contributed by atoms with Gasteiger partial charge < -0.3 is 10.2 Å². The Morgan fingerprint density at radius 2 is 2.29 bits per heavy atom. The minimum absolute atomic E-state index is 0.0144. The molecule has 0 aromatic carbocycles. The fourth-order valence-corrected chi connectivity index (χ4v) is 3.16. The van der Waals surface area contributed by atoms with Gasteiger partial charge in [-0.2, -0.15) is 5.10 Å². The van der Waals surface area contributed by atoms with Crippen molar-refractivity contribution in [1.29, 1.82) is 0 Å². The van der Waals surface area contributed by atoms with Crippen molar-refractivity contribution < 1.29 is 4.79 Å². The number of urea groups is 1. The van der Waals surface area contributed by atoms with Gasteiger partial charge in [-0.05, 0) is 20.3 Å². The third-order valence-corrected chi connectivity index (χ3v) is 4.89. The van der Waals surface area contributed by atoms with E-state index in [0.29, 0.717) is 5.69 Å². The maximum atomic E-state index is 12.3. The number of aryl methyl sites for hydroxylation is 3. The molecular formula is C14H21N5OS. The van der Waals surface area contributed by atoms with Crippen LogP contribution in [0.4, 0.5) is 10.5 Å². The Balaban J connectivity index is 2.08. The molecule has 0 saturated heterocycles. The molecule has 2 aromatic rings. The molecule has 0 radical (unpaired) electrons. The highest BCUT2D eigenvalue weighted by Gasteiger charge is 2.22. The molecule has 0 fully saturated rings. The number of hydrogen-bond donors (Lipinski definition) is 1. The third-order valence-electron chi connectivity index (χ3n) is 3.42. The molecule has 2 rings (SSSR count). The molecule has 1 N–H and O–H groups in total. The number of amides is 2. The molecule has 7 heteroatoms. The molecule has 21 heavy (non-hydrogen) atoms. The number of rotatable bonds is 4. The first-order valence-electron chi connectivity index (χ1n) is 6.91. The van der Waals surface area contributed by atoms with E-state index in [1.54, 1.807) is 40.4 Å². The highest BCUT2D eigenvalue weighted by Crippen LogP contribution is 2.29. The molecule has 0 unspecified atom stereocenters. The quantitative estimate of drug-likeness (QED) is 0.944. The van der Waals surface area contributed by atoms with Crippen molar-refractivity contribution in [2.75, 3.05) is 12.4 Å². The number of aromatic nitrogens is 3. The first-order chi connectivity index (χ1) is 9.92. The van der Waals surface area contributed by atoms with Gasteiger partial charge in [-0.3, -0.25) is 4.68 Å². The maximum absolute atomic E-state index is 12.3. The lowest BCUT2D eigenvalue weighted by atomic mass is 10.2. The second-order valence-corrected chi connectivity index (χ2v) is 6.15. The molecule has 2 heterocycles. The van der Waals surface area contributed by atoms with Crippen molar-refractivity contribution in [3.8, 4) is 0 Å². The number of thiazole rings is 1. The van der Waals surface area contributed by atoms with E-state index in [9.17, 15) is 4.79 Å². The van der Waals surface area contributed by atoms with E-state index >= 15 is 0 Å². The first kappa shape index (κ1) is 15.5. The van der Waals surface area contributed by atoms with E-state index in [-0.39, 0.29) is 12.1 Å². The molecule has 0 bridgehead atoms. The number of nitrogens with zero attached hydrogens (tertiary/aromatic N) is 4. The van der Waals surface area contributed by atoms with Gasteiger partial charge in [0.25, 0.3) is 0 Å². The molecule has 0 aliphatic carbocycles. The lowest BCUT2D eigenvalue weighted by Crippen LogP contribution is -2.33. The molecule has 1 atom stereocenters. The summed E-state index contributed by atoms with van der Waals surface area (Å²) in [6.07, 6.45) is 4.32. The van der Waals surface area contributed by atoms with Crippen molar-refractivity contribution in [3.63, 3.8) is 0 Å². The van der Waals surface area contributed by atoms with Gasteiger partial charge in [0.1, 0.15) is 0 Å². The topological polar surface area (TPSA) is 63.1 Å². The minimum atomic E-state index is -0.152. The smallest absolute Gasteiger partial charge is 0.320 e. The molecule has 2 aromatic heterocycles. The van der Waals surface area contributed by atoms with Crippen molar-refractivity contribution >= 4 is 23.1 Å². The summed E-state index contributed by atoms with van der Waals surface area (Å²) in [4.78, 5) is 19.6. The van der Waals surface area contributed by atoms with E-state index in [1.165, 1.54) is 0 Å². The van der Waals surface area contributed by atoms with Crippen LogP contribution in [0, 0.1) is 6.92 Å². The van der Waals surface area contributed by atoms with Crippen LogP contribution < -0.4 is 5.32 Å². The maximum Gasteiger partial charge on any atom is 0.322 e. The van der Waals surface area contributed by atoms with E-state index in [4.69, 9.17) is 0 Å². The lowest BCUT2D eigenvalue weighted by Gasteiger charge is -2.24. The largest absolute Gasteiger partial charge is 0.322 e. The molecule has 0 saturated carbocycles. The lowest BCUT2D eigenvalue weighted by molar-refractivity contribution is 0.209. The average Bonchev–Trinajstić information content (AvgIpc) is 3.03. The molecule has 0 spiro atoms. The van der Waals surface area contributed by atoms with Crippen LogP contribution in [0.3, 0.4) is 0 Å². The third kappa shape index (κ3) is 3.41. The van der Waals surface area contributed by atoms with Crippen LogP contribution >= 0.6 is 11.3 Å². The summed E-state index contributed by atoms with van der Waals surface area (Å²) in [7, 11) is 3.61. The zero-order valence-electron chi connectivity index (χ0n) is 13.0. The number of anilines is 1. The molecular weight excluding hydrogens is 286 g/mol. The van der Waals surface area contributed by atoms with Crippen LogP contribution in [-0.4, -0.2) is 32.7 Å². The van der Waals surface area contributed by atoms with Crippen molar-refractivity contribution in [2.45, 2.75) is 33.2 Å². The standard InChI is InChI=1S/C14H21N5OS/c1-6-12-16-9(2)13(21-12)10(3)19(5)14(20)17-11-7-15-18(4)8-11/h7-8,10H,6H2,1-5H3,(H,17,20)/t10-/m1/s1. The van der Waals surface area contributed by atoms with Crippen LogP contribution in [0.5, 0.6) is 0 Å². The van der Waals surface area contributed by atoms with Crippen LogP contribution in [0.2, 0.25) is 0 Å².